The highest BCUT2D eigenvalue weighted by Gasteiger charge is 2.26. The number of thiocarbonyl (C=S) groups is 1. The fourth-order valence-electron chi connectivity index (χ4n) is 4.67. The monoisotopic (exact) mass is 676 g/mol. The Morgan fingerprint density at radius 3 is 1.98 bits per heavy atom. The summed E-state index contributed by atoms with van der Waals surface area (Å²) in [6.45, 7) is -2.08. The lowest BCUT2D eigenvalue weighted by atomic mass is 10.0. The number of phenols is 1. The number of amides is 1. The molecule has 0 aromatic heterocycles. The molecular formula is C30H40N6O10S. The molecule has 0 heterocycles. The average molecular weight is 677 g/mol. The number of aliphatic imine (C=N–C) groups is 1. The number of aromatic hydroxyl groups is 1. The number of carbonyl (C=O) groups is 4. The van der Waals surface area contributed by atoms with Crippen LogP contribution in [0.1, 0.15) is 11.1 Å². The summed E-state index contributed by atoms with van der Waals surface area (Å²) in [6, 6.07) is 12.6. The Bertz CT molecular complexity index is 1340. The summed E-state index contributed by atoms with van der Waals surface area (Å²) in [5, 5.41) is 53.4. The first-order chi connectivity index (χ1) is 22.3. The molecule has 0 spiro atoms. The summed E-state index contributed by atoms with van der Waals surface area (Å²) in [5.41, 5.74) is 7.34. The fraction of sp³-hybridized carbons (Fsp3) is 0.433. The number of phenolic OH excluding ortho intramolecular Hbond substituents is 1. The van der Waals surface area contributed by atoms with E-state index in [9.17, 15) is 44.7 Å². The third kappa shape index (κ3) is 16.7. The molecule has 2 unspecified atom stereocenters. The number of hydrogen-bond donors (Lipinski definition) is 7. The lowest BCUT2D eigenvalue weighted by Crippen LogP contribution is -2.51. The van der Waals surface area contributed by atoms with Gasteiger partial charge in [-0.1, -0.05) is 24.3 Å². The van der Waals surface area contributed by atoms with E-state index in [0.717, 1.165) is 11.1 Å². The number of aliphatic hydroxyl groups excluding tert-OH is 1. The van der Waals surface area contributed by atoms with Crippen LogP contribution < -0.4 is 11.1 Å². The Kier molecular flexibility index (Phi) is 17.1. The van der Waals surface area contributed by atoms with Crippen molar-refractivity contribution in [2.75, 3.05) is 59.3 Å². The van der Waals surface area contributed by atoms with Crippen molar-refractivity contribution in [2.24, 2.45) is 10.7 Å². The van der Waals surface area contributed by atoms with Crippen molar-refractivity contribution >= 4 is 46.9 Å². The molecule has 0 aliphatic rings. The Balaban J connectivity index is 2.23. The largest absolute Gasteiger partial charge is 0.508 e. The molecule has 16 nitrogen and oxygen atoms in total. The molecule has 1 amide bonds. The van der Waals surface area contributed by atoms with Crippen LogP contribution in [-0.4, -0.2) is 141 Å². The summed E-state index contributed by atoms with van der Waals surface area (Å²) < 4.78 is 5.70. The molecule has 2 rings (SSSR count). The van der Waals surface area contributed by atoms with Crippen molar-refractivity contribution in [3.63, 3.8) is 0 Å². The van der Waals surface area contributed by atoms with E-state index in [1.807, 2.05) is 0 Å². The van der Waals surface area contributed by atoms with E-state index in [2.05, 4.69) is 27.7 Å². The van der Waals surface area contributed by atoms with Crippen LogP contribution >= 0.6 is 12.2 Å². The molecule has 0 fully saturated rings. The number of aliphatic carboxylic acids is 3. The number of carboxylic acid groups (broad SMARTS) is 3. The van der Waals surface area contributed by atoms with E-state index < -0.39 is 55.7 Å². The molecule has 0 radical (unpaired) electrons. The highest BCUT2D eigenvalue weighted by Crippen LogP contribution is 2.17. The van der Waals surface area contributed by atoms with Crippen molar-refractivity contribution in [1.82, 2.24) is 20.0 Å². The molecule has 0 bridgehead atoms. The zero-order valence-corrected chi connectivity index (χ0v) is 26.4. The van der Waals surface area contributed by atoms with E-state index in [-0.39, 0.29) is 58.2 Å². The summed E-state index contributed by atoms with van der Waals surface area (Å²) in [5.74, 6) is -4.18. The number of carbonyl (C=O) groups excluding carboxylic acids is 1. The molecule has 0 saturated heterocycles. The van der Waals surface area contributed by atoms with Gasteiger partial charge in [0, 0.05) is 32.1 Å². The van der Waals surface area contributed by atoms with Gasteiger partial charge < -0.3 is 36.0 Å². The number of ether oxygens (including phenoxy) is 1. The molecule has 2 aromatic carbocycles. The number of isothiocyanates is 1. The number of carboxylic acids is 3. The average Bonchev–Trinajstić information content (AvgIpc) is 2.98. The topological polar surface area (TPSA) is 239 Å². The van der Waals surface area contributed by atoms with Gasteiger partial charge in [0.2, 0.25) is 5.91 Å². The smallest absolute Gasteiger partial charge is 0.317 e. The number of hydrogen-bond acceptors (Lipinski definition) is 13. The van der Waals surface area contributed by atoms with Gasteiger partial charge in [-0.3, -0.25) is 39.2 Å². The number of primary amides is 1. The van der Waals surface area contributed by atoms with Crippen LogP contribution in [0.4, 0.5) is 5.69 Å². The minimum absolute atomic E-state index is 0.00219. The van der Waals surface area contributed by atoms with Crippen LogP contribution in [0.2, 0.25) is 0 Å². The number of rotatable bonds is 24. The van der Waals surface area contributed by atoms with Crippen LogP contribution in [0.25, 0.3) is 0 Å². The molecule has 47 heavy (non-hydrogen) atoms. The third-order valence-corrected chi connectivity index (χ3v) is 6.87. The van der Waals surface area contributed by atoms with Gasteiger partial charge in [0.25, 0.3) is 0 Å². The van der Waals surface area contributed by atoms with Gasteiger partial charge >= 0.3 is 17.9 Å². The molecule has 17 heteroatoms. The maximum Gasteiger partial charge on any atom is 0.317 e. The molecule has 0 aliphatic carbocycles. The second kappa shape index (κ2) is 20.7. The minimum atomic E-state index is -1.19. The predicted molar refractivity (Wildman–Crippen MR) is 172 cm³/mol. The van der Waals surface area contributed by atoms with Crippen molar-refractivity contribution in [3.05, 3.63) is 59.7 Å². The van der Waals surface area contributed by atoms with Crippen molar-refractivity contribution < 1.29 is 49.4 Å². The number of nitrogens with two attached hydrogens (primary N) is 1. The van der Waals surface area contributed by atoms with Crippen LogP contribution in [0, 0.1) is 0 Å². The lowest BCUT2D eigenvalue weighted by Gasteiger charge is -2.35. The Morgan fingerprint density at radius 2 is 1.40 bits per heavy atom. The Hall–Kier alpha value is -4.32. The van der Waals surface area contributed by atoms with Crippen molar-refractivity contribution in [3.8, 4) is 5.75 Å². The number of aliphatic hydroxyl groups is 1. The van der Waals surface area contributed by atoms with Gasteiger partial charge in [0.15, 0.2) is 0 Å². The van der Waals surface area contributed by atoms with E-state index in [0.29, 0.717) is 5.69 Å². The molecule has 0 saturated carbocycles. The molecule has 0 aliphatic heterocycles. The second-order valence-corrected chi connectivity index (χ2v) is 10.8. The normalized spacial score (nSPS) is 12.5. The predicted octanol–water partition coefficient (Wildman–Crippen LogP) is -0.235. The molecule has 256 valence electrons. The highest BCUT2D eigenvalue weighted by molar-refractivity contribution is 7.78. The maximum absolute atomic E-state index is 11.9. The van der Waals surface area contributed by atoms with E-state index in [4.69, 9.17) is 10.5 Å². The van der Waals surface area contributed by atoms with Crippen LogP contribution in [0.3, 0.4) is 0 Å². The lowest BCUT2D eigenvalue weighted by molar-refractivity contribution is -0.143. The SMILES string of the molecule is NC(=O)CN(CCN(CC(=O)O)CC(Cc1ccc(N=C=S)cc1)N(COCNC(O)Cc1ccc(O)cc1)CC(=O)O)CC(=O)O. The molecule has 2 atom stereocenters. The van der Waals surface area contributed by atoms with E-state index in [1.54, 1.807) is 36.4 Å². The zero-order chi connectivity index (χ0) is 34.8. The Labute approximate surface area is 276 Å². The first-order valence-corrected chi connectivity index (χ1v) is 14.8. The first-order valence-electron chi connectivity index (χ1n) is 14.4. The van der Waals surface area contributed by atoms with Gasteiger partial charge in [0.05, 0.1) is 37.0 Å². The van der Waals surface area contributed by atoms with Crippen molar-refractivity contribution in [2.45, 2.75) is 25.1 Å². The van der Waals surface area contributed by atoms with Crippen LogP contribution in [0.5, 0.6) is 5.75 Å². The summed E-state index contributed by atoms with van der Waals surface area (Å²) in [6.07, 6.45) is -0.532. The number of nitrogens with zero attached hydrogens (tertiary/aromatic N) is 4. The Morgan fingerprint density at radius 1 is 0.851 bits per heavy atom. The van der Waals surface area contributed by atoms with Gasteiger partial charge in [-0.2, -0.15) is 4.99 Å². The summed E-state index contributed by atoms with van der Waals surface area (Å²) in [4.78, 5) is 54.7. The first kappa shape index (κ1) is 38.9. The number of benzene rings is 2. The summed E-state index contributed by atoms with van der Waals surface area (Å²) >= 11 is 4.65. The zero-order valence-electron chi connectivity index (χ0n) is 25.6. The minimum Gasteiger partial charge on any atom is -0.508 e. The van der Waals surface area contributed by atoms with Crippen LogP contribution in [0.15, 0.2) is 53.5 Å². The van der Waals surface area contributed by atoms with Crippen molar-refractivity contribution in [1.29, 1.82) is 0 Å². The maximum atomic E-state index is 11.9. The third-order valence-electron chi connectivity index (χ3n) is 6.78. The van der Waals surface area contributed by atoms with Crippen LogP contribution in [-0.2, 0) is 36.8 Å². The van der Waals surface area contributed by atoms with E-state index >= 15 is 0 Å². The molecular weight excluding hydrogens is 636 g/mol. The fourth-order valence-corrected chi connectivity index (χ4v) is 4.78. The summed E-state index contributed by atoms with van der Waals surface area (Å²) in [7, 11) is 0. The van der Waals surface area contributed by atoms with Gasteiger partial charge in [-0.25, -0.2) is 0 Å². The number of nitrogens with one attached hydrogen (secondary N) is 1. The molecule has 8 N–H and O–H groups in total. The van der Waals surface area contributed by atoms with Gasteiger partial charge in [-0.05, 0) is 54.0 Å². The van der Waals surface area contributed by atoms with Gasteiger partial charge in [0.1, 0.15) is 25.4 Å². The standard InChI is InChI=1S/C30H40N6O10S/c31-26(38)14-35(16-29(42)43)10-9-34(15-28(40)41)13-24(11-21-1-5-23(6-2-21)33-19-47)36(17-30(44)45)20-46-18-32-27(39)12-22-3-7-25(37)8-4-22/h1-8,24,27,32,37,39H,9-18,20H2,(H2,31,38)(H,40,41)(H,42,43)(H,44,45). The highest BCUT2D eigenvalue weighted by atomic mass is 32.1. The quantitative estimate of drug-likeness (QED) is 0.0329. The van der Waals surface area contributed by atoms with E-state index in [1.165, 1.54) is 26.8 Å². The molecule has 2 aromatic rings. The second-order valence-electron chi connectivity index (χ2n) is 10.6. The van der Waals surface area contributed by atoms with Gasteiger partial charge in [-0.15, -0.1) is 0 Å².